The summed E-state index contributed by atoms with van der Waals surface area (Å²) in [5.74, 6) is -0.309. The lowest BCUT2D eigenvalue weighted by Crippen LogP contribution is -2.45. The van der Waals surface area contributed by atoms with Gasteiger partial charge in [0.1, 0.15) is 11.4 Å². The van der Waals surface area contributed by atoms with E-state index in [2.05, 4.69) is 5.32 Å². The zero-order valence-corrected chi connectivity index (χ0v) is 15.1. The number of benzene rings is 1. The first-order valence-corrected chi connectivity index (χ1v) is 7.82. The molecule has 0 heterocycles. The maximum absolute atomic E-state index is 13.6. The predicted octanol–water partition coefficient (Wildman–Crippen LogP) is 3.46. The lowest BCUT2D eigenvalue weighted by atomic mass is 9.99. The van der Waals surface area contributed by atoms with E-state index in [1.165, 1.54) is 7.11 Å². The second-order valence-electron chi connectivity index (χ2n) is 6.13. The third-order valence-electron chi connectivity index (χ3n) is 3.01. The SMILES string of the molecule is CCOC(=O)C(NC(=O)OC(C)(C)C)C(=CF)c1cccc(OC)c1. The van der Waals surface area contributed by atoms with Crippen LogP contribution in [0.1, 0.15) is 33.3 Å². The maximum Gasteiger partial charge on any atom is 0.408 e. The fraction of sp³-hybridized carbons (Fsp3) is 0.444. The van der Waals surface area contributed by atoms with Crippen LogP contribution in [0.4, 0.5) is 9.18 Å². The lowest BCUT2D eigenvalue weighted by Gasteiger charge is -2.24. The number of ether oxygens (including phenoxy) is 3. The molecule has 25 heavy (non-hydrogen) atoms. The molecule has 6 nitrogen and oxygen atoms in total. The topological polar surface area (TPSA) is 73.9 Å². The summed E-state index contributed by atoms with van der Waals surface area (Å²) in [6.07, 6.45) is -0.596. The third-order valence-corrected chi connectivity index (χ3v) is 3.01. The van der Waals surface area contributed by atoms with E-state index in [0.29, 0.717) is 11.3 Å². The smallest absolute Gasteiger partial charge is 0.408 e. The molecule has 0 fully saturated rings. The second-order valence-corrected chi connectivity index (χ2v) is 6.13. The third kappa shape index (κ3) is 6.45. The summed E-state index contributed by atoms with van der Waals surface area (Å²) >= 11 is 0. The van der Waals surface area contributed by atoms with Crippen molar-refractivity contribution in [1.29, 1.82) is 0 Å². The van der Waals surface area contributed by atoms with Crippen LogP contribution in [0.3, 0.4) is 0 Å². The van der Waals surface area contributed by atoms with Gasteiger partial charge in [-0.15, -0.1) is 0 Å². The first kappa shape index (κ1) is 20.5. The average Bonchev–Trinajstić information content (AvgIpc) is 2.53. The van der Waals surface area contributed by atoms with Crippen molar-refractivity contribution in [2.75, 3.05) is 13.7 Å². The summed E-state index contributed by atoms with van der Waals surface area (Å²) in [6, 6.07) is 5.12. The van der Waals surface area contributed by atoms with Crippen LogP contribution in [0.25, 0.3) is 5.57 Å². The highest BCUT2D eigenvalue weighted by atomic mass is 19.1. The van der Waals surface area contributed by atoms with Gasteiger partial charge in [-0.2, -0.15) is 0 Å². The molecule has 1 atom stereocenters. The molecule has 138 valence electrons. The maximum atomic E-state index is 13.6. The van der Waals surface area contributed by atoms with Gasteiger partial charge in [0.2, 0.25) is 0 Å². The van der Waals surface area contributed by atoms with Crippen LogP contribution in [0.2, 0.25) is 0 Å². The van der Waals surface area contributed by atoms with Gasteiger partial charge in [-0.3, -0.25) is 0 Å². The summed E-state index contributed by atoms with van der Waals surface area (Å²) in [4.78, 5) is 24.3. The first-order valence-electron chi connectivity index (χ1n) is 7.82. The number of carbonyl (C=O) groups is 2. The van der Waals surface area contributed by atoms with Gasteiger partial charge in [0.15, 0.2) is 6.04 Å². The molecule has 0 aliphatic heterocycles. The van der Waals surface area contributed by atoms with Crippen molar-refractivity contribution in [3.05, 3.63) is 36.2 Å². The molecule has 0 spiro atoms. The Morgan fingerprint density at radius 2 is 2.00 bits per heavy atom. The van der Waals surface area contributed by atoms with Crippen molar-refractivity contribution in [3.8, 4) is 5.75 Å². The molecule has 1 aromatic carbocycles. The highest BCUT2D eigenvalue weighted by Crippen LogP contribution is 2.24. The van der Waals surface area contributed by atoms with E-state index in [-0.39, 0.29) is 18.5 Å². The first-order chi connectivity index (χ1) is 11.7. The van der Waals surface area contributed by atoms with Gasteiger partial charge in [0.25, 0.3) is 0 Å². The van der Waals surface area contributed by atoms with E-state index in [1.54, 1.807) is 52.0 Å². The monoisotopic (exact) mass is 353 g/mol. The van der Waals surface area contributed by atoms with Gasteiger partial charge >= 0.3 is 12.1 Å². The molecule has 0 aliphatic rings. The number of rotatable bonds is 6. The Morgan fingerprint density at radius 3 is 2.52 bits per heavy atom. The molecule has 1 N–H and O–H groups in total. The number of carbonyl (C=O) groups excluding carboxylic acids is 2. The highest BCUT2D eigenvalue weighted by Gasteiger charge is 2.30. The quantitative estimate of drug-likeness (QED) is 0.793. The number of esters is 1. The fourth-order valence-electron chi connectivity index (χ4n) is 2.01. The molecule has 0 saturated carbocycles. The molecule has 1 unspecified atom stereocenters. The number of amides is 1. The lowest BCUT2D eigenvalue weighted by molar-refractivity contribution is -0.144. The molecule has 0 aliphatic carbocycles. The number of halogens is 1. The summed E-state index contributed by atoms with van der Waals surface area (Å²) in [7, 11) is 1.47. The van der Waals surface area contributed by atoms with Crippen LogP contribution in [0.15, 0.2) is 30.6 Å². The van der Waals surface area contributed by atoms with Crippen LogP contribution in [0.5, 0.6) is 5.75 Å². The molecule has 7 heteroatoms. The number of nitrogens with one attached hydrogen (secondary N) is 1. The molecule has 0 aromatic heterocycles. The molecular formula is C18H24FNO5. The van der Waals surface area contributed by atoms with E-state index in [9.17, 15) is 14.0 Å². The van der Waals surface area contributed by atoms with Crippen molar-refractivity contribution in [3.63, 3.8) is 0 Å². The number of hydrogen-bond acceptors (Lipinski definition) is 5. The minimum atomic E-state index is -1.35. The van der Waals surface area contributed by atoms with E-state index >= 15 is 0 Å². The zero-order valence-electron chi connectivity index (χ0n) is 15.1. The number of methoxy groups -OCH3 is 1. The summed E-state index contributed by atoms with van der Waals surface area (Å²) in [6.45, 7) is 6.75. The molecule has 0 bridgehead atoms. The van der Waals surface area contributed by atoms with Gasteiger partial charge in [0, 0.05) is 5.57 Å². The van der Waals surface area contributed by atoms with Gasteiger partial charge in [0.05, 0.1) is 20.0 Å². The molecular weight excluding hydrogens is 329 g/mol. The van der Waals surface area contributed by atoms with Crippen LogP contribution < -0.4 is 10.1 Å². The molecule has 0 saturated heterocycles. The summed E-state index contributed by atoms with van der Waals surface area (Å²) < 4.78 is 28.8. The van der Waals surface area contributed by atoms with Gasteiger partial charge < -0.3 is 19.5 Å². The van der Waals surface area contributed by atoms with Crippen LogP contribution >= 0.6 is 0 Å². The number of hydrogen-bond donors (Lipinski definition) is 1. The predicted molar refractivity (Wildman–Crippen MR) is 91.9 cm³/mol. The minimum absolute atomic E-state index is 0.0665. The van der Waals surface area contributed by atoms with E-state index < -0.39 is 23.7 Å². The average molecular weight is 353 g/mol. The largest absolute Gasteiger partial charge is 0.497 e. The molecule has 0 radical (unpaired) electrons. The minimum Gasteiger partial charge on any atom is -0.497 e. The Kier molecular flexibility index (Phi) is 7.42. The Labute approximate surface area is 147 Å². The van der Waals surface area contributed by atoms with Crippen molar-refractivity contribution < 1.29 is 28.2 Å². The Hall–Kier alpha value is -2.57. The van der Waals surface area contributed by atoms with Crippen LogP contribution in [-0.4, -0.2) is 37.4 Å². The van der Waals surface area contributed by atoms with E-state index in [4.69, 9.17) is 14.2 Å². The zero-order chi connectivity index (χ0) is 19.0. The van der Waals surface area contributed by atoms with Crippen molar-refractivity contribution >= 4 is 17.6 Å². The standard InChI is InChI=1S/C18H24FNO5/c1-6-24-16(21)15(20-17(22)25-18(2,3)4)14(11-19)12-8-7-9-13(10-12)23-5/h7-11,15H,6H2,1-5H3,(H,20,22). The van der Waals surface area contributed by atoms with Crippen molar-refractivity contribution in [1.82, 2.24) is 5.32 Å². The van der Waals surface area contributed by atoms with Crippen molar-refractivity contribution in [2.24, 2.45) is 0 Å². The summed E-state index contributed by atoms with van der Waals surface area (Å²) in [5, 5.41) is 2.36. The van der Waals surface area contributed by atoms with Gasteiger partial charge in [-0.25, -0.2) is 14.0 Å². The van der Waals surface area contributed by atoms with Crippen LogP contribution in [0, 0.1) is 0 Å². The Balaban J connectivity index is 3.15. The normalized spacial score (nSPS) is 13.0. The fourth-order valence-corrected chi connectivity index (χ4v) is 2.01. The molecule has 1 aromatic rings. The van der Waals surface area contributed by atoms with E-state index in [0.717, 1.165) is 0 Å². The molecule has 1 amide bonds. The van der Waals surface area contributed by atoms with Gasteiger partial charge in [-0.1, -0.05) is 12.1 Å². The highest BCUT2D eigenvalue weighted by molar-refractivity contribution is 5.95. The van der Waals surface area contributed by atoms with Crippen molar-refractivity contribution in [2.45, 2.75) is 39.3 Å². The Morgan fingerprint density at radius 1 is 1.32 bits per heavy atom. The van der Waals surface area contributed by atoms with Crippen LogP contribution in [-0.2, 0) is 14.3 Å². The summed E-state index contributed by atoms with van der Waals surface area (Å²) in [5.41, 5.74) is -0.460. The Bertz CT molecular complexity index is 637. The van der Waals surface area contributed by atoms with Gasteiger partial charge in [-0.05, 0) is 45.4 Å². The second kappa shape index (κ2) is 9.05. The molecule has 1 rings (SSSR count). The number of alkyl carbamates (subject to hydrolysis) is 1. The van der Waals surface area contributed by atoms with E-state index in [1.807, 2.05) is 0 Å².